The van der Waals surface area contributed by atoms with E-state index in [1.54, 1.807) is 18.3 Å². The molecule has 2 heterocycles. The Kier molecular flexibility index (Phi) is 2.48. The Morgan fingerprint density at radius 2 is 1.94 bits per heavy atom. The highest BCUT2D eigenvalue weighted by atomic mass is 16.3. The normalized spacial score (nSPS) is 10.9. The highest BCUT2D eigenvalue weighted by molar-refractivity contribution is 5.71. The number of fused-ring (bicyclic) bond motifs is 1. The van der Waals surface area contributed by atoms with Gasteiger partial charge < -0.3 is 9.67 Å². The standard InChI is InChI=1S/C14H13N3O/c1-17-13(9-10-4-6-11(18)7-5-10)16-12-3-2-8-15-14(12)17/h2-8,18H,9H2,1H3. The average Bonchev–Trinajstić information content (AvgIpc) is 2.70. The van der Waals surface area contributed by atoms with Gasteiger partial charge in [0.1, 0.15) is 17.1 Å². The van der Waals surface area contributed by atoms with Crippen molar-refractivity contribution < 1.29 is 5.11 Å². The third-order valence-electron chi connectivity index (χ3n) is 3.02. The van der Waals surface area contributed by atoms with Crippen molar-refractivity contribution in [3.63, 3.8) is 0 Å². The first-order valence-corrected chi connectivity index (χ1v) is 5.78. The fourth-order valence-corrected chi connectivity index (χ4v) is 2.02. The fraction of sp³-hybridized carbons (Fsp3) is 0.143. The lowest BCUT2D eigenvalue weighted by atomic mass is 10.1. The van der Waals surface area contributed by atoms with Crippen molar-refractivity contribution in [3.05, 3.63) is 54.0 Å². The molecule has 0 saturated carbocycles. The quantitative estimate of drug-likeness (QED) is 0.746. The Labute approximate surface area is 105 Å². The van der Waals surface area contributed by atoms with E-state index in [0.29, 0.717) is 0 Å². The predicted octanol–water partition coefficient (Wildman–Crippen LogP) is 2.26. The SMILES string of the molecule is Cn1c(Cc2ccc(O)cc2)nc2cccnc21. The molecule has 0 spiro atoms. The maximum atomic E-state index is 9.26. The third-order valence-corrected chi connectivity index (χ3v) is 3.02. The summed E-state index contributed by atoms with van der Waals surface area (Å²) >= 11 is 0. The number of phenols is 1. The molecule has 90 valence electrons. The van der Waals surface area contributed by atoms with Gasteiger partial charge in [-0.2, -0.15) is 0 Å². The van der Waals surface area contributed by atoms with Crippen molar-refractivity contribution in [2.24, 2.45) is 7.05 Å². The minimum atomic E-state index is 0.283. The van der Waals surface area contributed by atoms with Crippen LogP contribution in [0.1, 0.15) is 11.4 Å². The van der Waals surface area contributed by atoms with Gasteiger partial charge in [-0.3, -0.25) is 0 Å². The van der Waals surface area contributed by atoms with Gasteiger partial charge in [-0.25, -0.2) is 9.97 Å². The van der Waals surface area contributed by atoms with E-state index in [2.05, 4.69) is 9.97 Å². The lowest BCUT2D eigenvalue weighted by molar-refractivity contribution is 0.475. The minimum Gasteiger partial charge on any atom is -0.508 e. The second-order valence-electron chi connectivity index (χ2n) is 4.28. The first-order valence-electron chi connectivity index (χ1n) is 5.78. The molecule has 0 radical (unpaired) electrons. The zero-order valence-electron chi connectivity index (χ0n) is 10.0. The Hall–Kier alpha value is -2.36. The molecular weight excluding hydrogens is 226 g/mol. The molecule has 3 aromatic rings. The van der Waals surface area contributed by atoms with Crippen LogP contribution in [0.3, 0.4) is 0 Å². The average molecular weight is 239 g/mol. The zero-order chi connectivity index (χ0) is 12.5. The molecule has 0 aliphatic rings. The van der Waals surface area contributed by atoms with Crippen LogP contribution in [-0.2, 0) is 13.5 Å². The van der Waals surface area contributed by atoms with Crippen molar-refractivity contribution in [1.82, 2.24) is 14.5 Å². The van der Waals surface area contributed by atoms with Gasteiger partial charge >= 0.3 is 0 Å². The van der Waals surface area contributed by atoms with E-state index in [1.807, 2.05) is 35.9 Å². The van der Waals surface area contributed by atoms with Crippen molar-refractivity contribution in [1.29, 1.82) is 0 Å². The molecule has 0 aliphatic heterocycles. The number of nitrogens with zero attached hydrogens (tertiary/aromatic N) is 3. The molecule has 0 fully saturated rings. The Morgan fingerprint density at radius 3 is 2.67 bits per heavy atom. The second kappa shape index (κ2) is 4.14. The topological polar surface area (TPSA) is 50.9 Å². The summed E-state index contributed by atoms with van der Waals surface area (Å²) in [6.45, 7) is 0. The summed E-state index contributed by atoms with van der Waals surface area (Å²) in [5.41, 5.74) is 2.92. The number of aryl methyl sites for hydroxylation is 1. The highest BCUT2D eigenvalue weighted by Crippen LogP contribution is 2.16. The largest absolute Gasteiger partial charge is 0.508 e. The molecule has 0 aliphatic carbocycles. The van der Waals surface area contributed by atoms with Gasteiger partial charge in [0.25, 0.3) is 0 Å². The molecule has 0 atom stereocenters. The number of aromatic hydroxyl groups is 1. The summed E-state index contributed by atoms with van der Waals surface area (Å²) in [5.74, 6) is 1.25. The van der Waals surface area contributed by atoms with Crippen LogP contribution in [0.4, 0.5) is 0 Å². The molecule has 1 N–H and O–H groups in total. The van der Waals surface area contributed by atoms with E-state index in [4.69, 9.17) is 0 Å². The van der Waals surface area contributed by atoms with E-state index in [-0.39, 0.29) is 5.75 Å². The summed E-state index contributed by atoms with van der Waals surface area (Å²) in [5, 5.41) is 9.26. The Balaban J connectivity index is 1.99. The lowest BCUT2D eigenvalue weighted by Gasteiger charge is -2.02. The van der Waals surface area contributed by atoms with Gasteiger partial charge in [0, 0.05) is 19.7 Å². The second-order valence-corrected chi connectivity index (χ2v) is 4.28. The molecule has 3 rings (SSSR count). The fourth-order valence-electron chi connectivity index (χ4n) is 2.02. The monoisotopic (exact) mass is 239 g/mol. The maximum Gasteiger partial charge on any atom is 0.159 e. The molecule has 0 saturated heterocycles. The summed E-state index contributed by atoms with van der Waals surface area (Å²) in [4.78, 5) is 8.89. The maximum absolute atomic E-state index is 9.26. The molecule has 4 heteroatoms. The lowest BCUT2D eigenvalue weighted by Crippen LogP contribution is -1.99. The van der Waals surface area contributed by atoms with Crippen LogP contribution in [0.15, 0.2) is 42.6 Å². The van der Waals surface area contributed by atoms with Crippen molar-refractivity contribution in [2.45, 2.75) is 6.42 Å². The summed E-state index contributed by atoms with van der Waals surface area (Å²) in [6.07, 6.45) is 2.50. The molecule has 1 aromatic carbocycles. The van der Waals surface area contributed by atoms with Gasteiger partial charge in [-0.1, -0.05) is 12.1 Å². The smallest absolute Gasteiger partial charge is 0.159 e. The minimum absolute atomic E-state index is 0.283. The van der Waals surface area contributed by atoms with Crippen LogP contribution >= 0.6 is 0 Å². The summed E-state index contributed by atoms with van der Waals surface area (Å²) in [7, 11) is 1.97. The predicted molar refractivity (Wildman–Crippen MR) is 69.4 cm³/mol. The van der Waals surface area contributed by atoms with Crippen LogP contribution in [0.25, 0.3) is 11.2 Å². The number of phenolic OH excluding ortho intramolecular Hbond substituents is 1. The van der Waals surface area contributed by atoms with E-state index in [0.717, 1.165) is 29.0 Å². The molecule has 2 aromatic heterocycles. The van der Waals surface area contributed by atoms with Gasteiger partial charge in [0.2, 0.25) is 0 Å². The molecule has 0 unspecified atom stereocenters. The van der Waals surface area contributed by atoms with E-state index < -0.39 is 0 Å². The van der Waals surface area contributed by atoms with Gasteiger partial charge in [0.05, 0.1) is 0 Å². The molecular formula is C14H13N3O. The molecule has 18 heavy (non-hydrogen) atoms. The first-order chi connectivity index (χ1) is 8.74. The molecule has 4 nitrogen and oxygen atoms in total. The van der Waals surface area contributed by atoms with Gasteiger partial charge in [-0.05, 0) is 29.8 Å². The number of rotatable bonds is 2. The number of hydrogen-bond acceptors (Lipinski definition) is 3. The van der Waals surface area contributed by atoms with Crippen molar-refractivity contribution in [2.75, 3.05) is 0 Å². The van der Waals surface area contributed by atoms with E-state index in [1.165, 1.54) is 0 Å². The van der Waals surface area contributed by atoms with E-state index in [9.17, 15) is 5.11 Å². The van der Waals surface area contributed by atoms with Crippen LogP contribution < -0.4 is 0 Å². The van der Waals surface area contributed by atoms with Crippen molar-refractivity contribution >= 4 is 11.2 Å². The van der Waals surface area contributed by atoms with Gasteiger partial charge in [-0.15, -0.1) is 0 Å². The van der Waals surface area contributed by atoms with Gasteiger partial charge in [0.15, 0.2) is 5.65 Å². The van der Waals surface area contributed by atoms with Crippen LogP contribution in [0.2, 0.25) is 0 Å². The third kappa shape index (κ3) is 1.82. The number of imidazole rings is 1. The van der Waals surface area contributed by atoms with Crippen LogP contribution in [0.5, 0.6) is 5.75 Å². The molecule has 0 bridgehead atoms. The Bertz CT molecular complexity index is 686. The number of benzene rings is 1. The van der Waals surface area contributed by atoms with Crippen LogP contribution in [-0.4, -0.2) is 19.6 Å². The van der Waals surface area contributed by atoms with E-state index >= 15 is 0 Å². The molecule has 0 amide bonds. The summed E-state index contributed by atoms with van der Waals surface area (Å²) < 4.78 is 2.00. The number of aromatic nitrogens is 3. The first kappa shape index (κ1) is 10.8. The highest BCUT2D eigenvalue weighted by Gasteiger charge is 2.08. The van der Waals surface area contributed by atoms with Crippen molar-refractivity contribution in [3.8, 4) is 5.75 Å². The number of pyridine rings is 1. The summed E-state index contributed by atoms with van der Waals surface area (Å²) in [6, 6.07) is 11.0. The number of hydrogen-bond donors (Lipinski definition) is 1. The van der Waals surface area contributed by atoms with Crippen LogP contribution in [0, 0.1) is 0 Å². The Morgan fingerprint density at radius 1 is 1.17 bits per heavy atom. The zero-order valence-corrected chi connectivity index (χ0v) is 10.0.